The lowest BCUT2D eigenvalue weighted by molar-refractivity contribution is -0.134. The van der Waals surface area contributed by atoms with E-state index in [1.54, 1.807) is 18.7 Å². The summed E-state index contributed by atoms with van der Waals surface area (Å²) in [5.41, 5.74) is 0.585. The van der Waals surface area contributed by atoms with E-state index in [-0.39, 0.29) is 23.4 Å². The summed E-state index contributed by atoms with van der Waals surface area (Å²) < 4.78 is 28.1. The SMILES string of the molecule is CCC(C)N(Cc1ccccc1)C(=O)Cn1cc(S(=O)(=O)N(CC)CC)ccc1=O. The van der Waals surface area contributed by atoms with Crippen LogP contribution in [0.25, 0.3) is 0 Å². The summed E-state index contributed by atoms with van der Waals surface area (Å²) in [5, 5.41) is 0. The van der Waals surface area contributed by atoms with Gasteiger partial charge in [0.1, 0.15) is 6.54 Å². The second-order valence-corrected chi connectivity index (χ2v) is 9.12. The molecule has 1 aromatic heterocycles. The fraction of sp³-hybridized carbons (Fsp3) is 0.455. The molecule has 0 saturated carbocycles. The Morgan fingerprint density at radius 2 is 1.67 bits per heavy atom. The number of amides is 1. The Morgan fingerprint density at radius 3 is 2.23 bits per heavy atom. The van der Waals surface area contributed by atoms with Crippen molar-refractivity contribution in [1.82, 2.24) is 13.8 Å². The summed E-state index contributed by atoms with van der Waals surface area (Å²) in [4.78, 5) is 27.2. The van der Waals surface area contributed by atoms with Crippen LogP contribution >= 0.6 is 0 Å². The highest BCUT2D eigenvalue weighted by atomic mass is 32.2. The number of hydrogen-bond acceptors (Lipinski definition) is 4. The van der Waals surface area contributed by atoms with Crippen molar-refractivity contribution in [1.29, 1.82) is 0 Å². The lowest BCUT2D eigenvalue weighted by atomic mass is 10.1. The van der Waals surface area contributed by atoms with Crippen molar-refractivity contribution in [3.8, 4) is 0 Å². The van der Waals surface area contributed by atoms with Gasteiger partial charge in [0.2, 0.25) is 15.9 Å². The molecule has 1 amide bonds. The Morgan fingerprint density at radius 1 is 1.03 bits per heavy atom. The molecule has 164 valence electrons. The maximum absolute atomic E-state index is 13.1. The monoisotopic (exact) mass is 433 g/mol. The molecule has 0 bridgehead atoms. The molecule has 0 fully saturated rings. The molecule has 8 heteroatoms. The van der Waals surface area contributed by atoms with Crippen LogP contribution in [0, 0.1) is 0 Å². The van der Waals surface area contributed by atoms with E-state index in [0.717, 1.165) is 12.0 Å². The minimum Gasteiger partial charge on any atom is -0.334 e. The molecule has 0 radical (unpaired) electrons. The molecule has 7 nitrogen and oxygen atoms in total. The van der Waals surface area contributed by atoms with Gasteiger partial charge in [-0.25, -0.2) is 8.42 Å². The molecule has 0 N–H and O–H groups in total. The summed E-state index contributed by atoms with van der Waals surface area (Å²) >= 11 is 0. The normalized spacial score (nSPS) is 12.7. The van der Waals surface area contributed by atoms with Gasteiger partial charge in [0.15, 0.2) is 0 Å². The first-order valence-electron chi connectivity index (χ1n) is 10.3. The first-order chi connectivity index (χ1) is 14.2. The van der Waals surface area contributed by atoms with Crippen LogP contribution in [0.5, 0.6) is 0 Å². The van der Waals surface area contributed by atoms with Gasteiger partial charge >= 0.3 is 0 Å². The predicted molar refractivity (Wildman–Crippen MR) is 118 cm³/mol. The Balaban J connectivity index is 2.32. The third-order valence-corrected chi connectivity index (χ3v) is 7.28. The van der Waals surface area contributed by atoms with Gasteiger partial charge in [-0.2, -0.15) is 4.31 Å². The van der Waals surface area contributed by atoms with Gasteiger partial charge in [-0.15, -0.1) is 0 Å². The van der Waals surface area contributed by atoms with E-state index < -0.39 is 15.6 Å². The standard InChI is InChI=1S/C22H31N3O4S/c1-5-18(4)25(15-19-11-9-8-10-12-19)22(27)17-23-16-20(13-14-21(23)26)30(28,29)24(6-2)7-3/h8-14,16,18H,5-7,15,17H2,1-4H3. The number of carbonyl (C=O) groups is 1. The molecular formula is C22H31N3O4S. The summed E-state index contributed by atoms with van der Waals surface area (Å²) in [7, 11) is -3.72. The third-order valence-electron chi connectivity index (χ3n) is 5.24. The molecule has 30 heavy (non-hydrogen) atoms. The van der Waals surface area contributed by atoms with Crippen molar-refractivity contribution >= 4 is 15.9 Å². The lowest BCUT2D eigenvalue weighted by Crippen LogP contribution is -2.41. The number of nitrogens with zero attached hydrogens (tertiary/aromatic N) is 3. The van der Waals surface area contributed by atoms with Gasteiger partial charge in [0.05, 0.1) is 4.90 Å². The van der Waals surface area contributed by atoms with Crippen LogP contribution in [0.4, 0.5) is 0 Å². The van der Waals surface area contributed by atoms with Crippen LogP contribution in [0.2, 0.25) is 0 Å². The number of carbonyl (C=O) groups excluding carboxylic acids is 1. The Kier molecular flexibility index (Phi) is 8.37. The largest absolute Gasteiger partial charge is 0.334 e. The molecule has 0 spiro atoms. The van der Waals surface area contributed by atoms with Crippen LogP contribution in [0.3, 0.4) is 0 Å². The van der Waals surface area contributed by atoms with Crippen molar-refractivity contribution in [2.45, 2.75) is 58.1 Å². The van der Waals surface area contributed by atoms with Gasteiger partial charge in [-0.1, -0.05) is 51.1 Å². The highest BCUT2D eigenvalue weighted by Gasteiger charge is 2.24. The van der Waals surface area contributed by atoms with Gasteiger partial charge < -0.3 is 9.47 Å². The quantitative estimate of drug-likeness (QED) is 0.577. The van der Waals surface area contributed by atoms with Crippen LogP contribution < -0.4 is 5.56 Å². The van der Waals surface area contributed by atoms with E-state index in [1.807, 2.05) is 44.2 Å². The van der Waals surface area contributed by atoms with E-state index in [0.29, 0.717) is 19.6 Å². The Bertz CT molecular complexity index is 999. The van der Waals surface area contributed by atoms with E-state index in [2.05, 4.69) is 0 Å². The van der Waals surface area contributed by atoms with Crippen molar-refractivity contribution in [2.24, 2.45) is 0 Å². The fourth-order valence-corrected chi connectivity index (χ4v) is 4.70. The number of benzene rings is 1. The average Bonchev–Trinajstić information content (AvgIpc) is 2.74. The summed E-state index contributed by atoms with van der Waals surface area (Å²) in [6.07, 6.45) is 2.04. The zero-order valence-corrected chi connectivity index (χ0v) is 18.9. The van der Waals surface area contributed by atoms with Gasteiger partial charge in [0.25, 0.3) is 5.56 Å². The van der Waals surface area contributed by atoms with Crippen molar-refractivity contribution < 1.29 is 13.2 Å². The zero-order valence-electron chi connectivity index (χ0n) is 18.1. The van der Waals surface area contributed by atoms with Crippen LogP contribution in [-0.4, -0.2) is 47.2 Å². The number of pyridine rings is 1. The molecule has 2 aromatic rings. The van der Waals surface area contributed by atoms with Crippen LogP contribution in [0.15, 0.2) is 58.4 Å². The minimum absolute atomic E-state index is 0.0109. The topological polar surface area (TPSA) is 79.7 Å². The lowest BCUT2D eigenvalue weighted by Gasteiger charge is -2.29. The molecule has 0 aliphatic carbocycles. The molecular weight excluding hydrogens is 402 g/mol. The van der Waals surface area contributed by atoms with Crippen molar-refractivity contribution in [3.63, 3.8) is 0 Å². The molecule has 0 aliphatic rings. The van der Waals surface area contributed by atoms with E-state index in [1.165, 1.54) is 27.2 Å². The smallest absolute Gasteiger partial charge is 0.251 e. The van der Waals surface area contributed by atoms with Gasteiger partial charge in [-0.05, 0) is 25.0 Å². The van der Waals surface area contributed by atoms with E-state index in [4.69, 9.17) is 0 Å². The minimum atomic E-state index is -3.72. The maximum atomic E-state index is 13.1. The highest BCUT2D eigenvalue weighted by Crippen LogP contribution is 2.15. The summed E-state index contributed by atoms with van der Waals surface area (Å²) in [6, 6.07) is 12.1. The van der Waals surface area contributed by atoms with Crippen LogP contribution in [-0.2, 0) is 27.9 Å². The summed E-state index contributed by atoms with van der Waals surface area (Å²) in [6.45, 7) is 8.36. The molecule has 1 atom stereocenters. The van der Waals surface area contributed by atoms with E-state index in [9.17, 15) is 18.0 Å². The Labute approximate surface area is 179 Å². The summed E-state index contributed by atoms with van der Waals surface area (Å²) in [5.74, 6) is -0.229. The number of rotatable bonds is 10. The van der Waals surface area contributed by atoms with Gasteiger partial charge in [0, 0.05) is 37.9 Å². The third kappa shape index (κ3) is 5.58. The number of aromatic nitrogens is 1. The Hall–Kier alpha value is -2.45. The zero-order chi connectivity index (χ0) is 22.3. The van der Waals surface area contributed by atoms with Crippen molar-refractivity contribution in [3.05, 3.63) is 64.6 Å². The molecule has 0 aliphatic heterocycles. The highest BCUT2D eigenvalue weighted by molar-refractivity contribution is 7.89. The molecule has 1 unspecified atom stereocenters. The second-order valence-electron chi connectivity index (χ2n) is 7.18. The average molecular weight is 434 g/mol. The number of sulfonamides is 1. The number of hydrogen-bond donors (Lipinski definition) is 0. The molecule has 2 rings (SSSR count). The predicted octanol–water partition coefficient (Wildman–Crippen LogP) is 2.71. The van der Waals surface area contributed by atoms with E-state index >= 15 is 0 Å². The first-order valence-corrected chi connectivity index (χ1v) is 11.7. The maximum Gasteiger partial charge on any atom is 0.251 e. The van der Waals surface area contributed by atoms with Crippen LogP contribution in [0.1, 0.15) is 39.7 Å². The molecule has 0 saturated heterocycles. The van der Waals surface area contributed by atoms with Crippen molar-refractivity contribution in [2.75, 3.05) is 13.1 Å². The fourth-order valence-electron chi connectivity index (χ4n) is 3.23. The van der Waals surface area contributed by atoms with Gasteiger partial charge in [-0.3, -0.25) is 9.59 Å². The first kappa shape index (κ1) is 23.8. The molecule has 1 aromatic carbocycles. The second kappa shape index (κ2) is 10.5. The molecule has 1 heterocycles.